The minimum Gasteiger partial charge on any atom is -0.353 e. The second kappa shape index (κ2) is 8.83. The molecule has 1 fully saturated rings. The Morgan fingerprint density at radius 3 is 2.65 bits per heavy atom. The summed E-state index contributed by atoms with van der Waals surface area (Å²) in [6, 6.07) is 14.2. The van der Waals surface area contributed by atoms with Gasteiger partial charge in [0.05, 0.1) is 22.1 Å². The summed E-state index contributed by atoms with van der Waals surface area (Å²) < 4.78 is 42.0. The van der Waals surface area contributed by atoms with Gasteiger partial charge in [-0.15, -0.1) is 0 Å². The largest absolute Gasteiger partial charge is 0.416 e. The van der Waals surface area contributed by atoms with Gasteiger partial charge < -0.3 is 19.5 Å². The molecule has 3 heterocycles. The van der Waals surface area contributed by atoms with Crippen LogP contribution in [-0.2, 0) is 6.18 Å². The third kappa shape index (κ3) is 4.42. The highest BCUT2D eigenvalue weighted by molar-refractivity contribution is 9.10. The molecule has 0 unspecified atom stereocenters. The fourth-order valence-electron chi connectivity index (χ4n) is 4.28. The molecule has 2 aromatic heterocycles. The molecule has 1 aliphatic heterocycles. The van der Waals surface area contributed by atoms with Crippen LogP contribution < -0.4 is 10.2 Å². The van der Waals surface area contributed by atoms with E-state index in [-0.39, 0.29) is 5.69 Å². The number of benzene rings is 2. The van der Waals surface area contributed by atoms with Crippen LogP contribution in [0.4, 0.5) is 29.5 Å². The molecule has 2 amide bonds. The van der Waals surface area contributed by atoms with E-state index in [9.17, 15) is 18.0 Å². The maximum atomic E-state index is 13.0. The number of hydrogen-bond acceptors (Lipinski definition) is 3. The molecular formula is C24H21BrF3N5O. The summed E-state index contributed by atoms with van der Waals surface area (Å²) in [4.78, 5) is 21.5. The third-order valence-corrected chi connectivity index (χ3v) is 6.42. The van der Waals surface area contributed by atoms with Gasteiger partial charge in [0.2, 0.25) is 0 Å². The van der Waals surface area contributed by atoms with Crippen LogP contribution in [0.2, 0.25) is 0 Å². The molecule has 10 heteroatoms. The molecule has 0 atom stereocenters. The molecule has 5 rings (SSSR count). The number of hydrogen-bond donors (Lipinski definition) is 1. The van der Waals surface area contributed by atoms with Gasteiger partial charge in [0.25, 0.3) is 0 Å². The Hall–Kier alpha value is -3.27. The van der Waals surface area contributed by atoms with Crippen LogP contribution in [0, 0.1) is 0 Å². The summed E-state index contributed by atoms with van der Waals surface area (Å²) >= 11 is 3.51. The molecule has 0 aliphatic carbocycles. The van der Waals surface area contributed by atoms with Crippen LogP contribution in [0.3, 0.4) is 0 Å². The molecule has 0 bridgehead atoms. The first-order valence-electron chi connectivity index (χ1n) is 10.8. The number of aromatic nitrogens is 2. The molecule has 1 saturated heterocycles. The first kappa shape index (κ1) is 22.5. The van der Waals surface area contributed by atoms with Gasteiger partial charge in [-0.1, -0.05) is 22.0 Å². The first-order chi connectivity index (χ1) is 16.3. The Morgan fingerprint density at radius 2 is 1.82 bits per heavy atom. The van der Waals surface area contributed by atoms with Crippen molar-refractivity contribution in [2.75, 3.05) is 36.4 Å². The van der Waals surface area contributed by atoms with E-state index in [1.165, 1.54) is 12.1 Å². The predicted octanol–water partition coefficient (Wildman–Crippen LogP) is 6.01. The Bertz CT molecular complexity index is 1370. The number of alkyl halides is 3. The Labute approximate surface area is 202 Å². The van der Waals surface area contributed by atoms with Gasteiger partial charge in [-0.2, -0.15) is 13.2 Å². The maximum Gasteiger partial charge on any atom is 0.416 e. The second-order valence-electron chi connectivity index (χ2n) is 8.17. The summed E-state index contributed by atoms with van der Waals surface area (Å²) in [6.45, 7) is 2.19. The molecule has 6 nitrogen and oxygen atoms in total. The monoisotopic (exact) mass is 531 g/mol. The Morgan fingerprint density at radius 1 is 0.971 bits per heavy atom. The van der Waals surface area contributed by atoms with Crippen molar-refractivity contribution in [2.45, 2.75) is 12.6 Å². The zero-order valence-electron chi connectivity index (χ0n) is 18.0. The number of nitrogens with one attached hydrogen (secondary N) is 1. The van der Waals surface area contributed by atoms with E-state index < -0.39 is 17.8 Å². The van der Waals surface area contributed by atoms with Crippen molar-refractivity contribution < 1.29 is 18.0 Å². The van der Waals surface area contributed by atoms with E-state index in [0.29, 0.717) is 32.6 Å². The van der Waals surface area contributed by atoms with Gasteiger partial charge in [-0.05, 0) is 55.0 Å². The molecule has 1 N–H and O–H groups in total. The van der Waals surface area contributed by atoms with E-state index in [4.69, 9.17) is 4.98 Å². The van der Waals surface area contributed by atoms with Gasteiger partial charge in [-0.3, -0.25) is 0 Å². The average molecular weight is 532 g/mol. The predicted molar refractivity (Wildman–Crippen MR) is 129 cm³/mol. The highest BCUT2D eigenvalue weighted by atomic mass is 79.9. The molecule has 176 valence electrons. The quantitative estimate of drug-likeness (QED) is 0.344. The van der Waals surface area contributed by atoms with Gasteiger partial charge in [0, 0.05) is 42.5 Å². The molecule has 34 heavy (non-hydrogen) atoms. The van der Waals surface area contributed by atoms with Crippen molar-refractivity contribution >= 4 is 50.0 Å². The van der Waals surface area contributed by atoms with Gasteiger partial charge >= 0.3 is 12.2 Å². The average Bonchev–Trinajstić information content (AvgIpc) is 3.16. The normalized spacial score (nSPS) is 15.1. The second-order valence-corrected chi connectivity index (χ2v) is 9.08. The number of anilines is 2. The van der Waals surface area contributed by atoms with Crippen molar-refractivity contribution in [3.8, 4) is 0 Å². The van der Waals surface area contributed by atoms with E-state index in [0.717, 1.165) is 39.0 Å². The molecular weight excluding hydrogens is 511 g/mol. The molecule has 0 radical (unpaired) electrons. The number of rotatable bonds is 2. The molecule has 1 aliphatic rings. The zero-order valence-corrected chi connectivity index (χ0v) is 19.6. The van der Waals surface area contributed by atoms with Crippen LogP contribution in [0.15, 0.2) is 65.3 Å². The summed E-state index contributed by atoms with van der Waals surface area (Å²) in [6.07, 6.45) is -1.75. The van der Waals surface area contributed by atoms with Crippen LogP contribution in [-0.4, -0.2) is 46.5 Å². The van der Waals surface area contributed by atoms with Crippen molar-refractivity contribution in [3.05, 3.63) is 70.8 Å². The number of fused-ring (bicyclic) bond motifs is 3. The van der Waals surface area contributed by atoms with Crippen molar-refractivity contribution in [1.29, 1.82) is 0 Å². The van der Waals surface area contributed by atoms with Crippen LogP contribution >= 0.6 is 15.9 Å². The van der Waals surface area contributed by atoms with Crippen LogP contribution in [0.1, 0.15) is 12.0 Å². The highest BCUT2D eigenvalue weighted by Crippen LogP contribution is 2.31. The van der Waals surface area contributed by atoms with Crippen molar-refractivity contribution in [1.82, 2.24) is 14.3 Å². The summed E-state index contributed by atoms with van der Waals surface area (Å²) in [5.74, 6) is 0.843. The maximum absolute atomic E-state index is 13.0. The minimum atomic E-state index is -4.46. The molecule has 4 aromatic rings. The number of nitrogens with zero attached hydrogens (tertiary/aromatic N) is 4. The van der Waals surface area contributed by atoms with E-state index in [1.807, 2.05) is 36.5 Å². The Kier molecular flexibility index (Phi) is 5.85. The topological polar surface area (TPSA) is 52.9 Å². The summed E-state index contributed by atoms with van der Waals surface area (Å²) in [5.41, 5.74) is 2.17. The van der Waals surface area contributed by atoms with Crippen LogP contribution in [0.25, 0.3) is 16.6 Å². The zero-order chi connectivity index (χ0) is 23.9. The standard InChI is InChI=1S/C24H21BrF3N5O/c25-17-7-8-20-19(15-17)30-22(21-6-2-11-33(20)21)31-9-3-10-32(13-12-31)23(34)29-18-5-1-4-16(14-18)24(26,27)28/h1-2,4-8,11,14-15H,3,9-10,12-13H2,(H,29,34). The molecule has 0 saturated carbocycles. The summed E-state index contributed by atoms with van der Waals surface area (Å²) in [7, 11) is 0. The lowest BCUT2D eigenvalue weighted by Gasteiger charge is -2.24. The number of amides is 2. The van der Waals surface area contributed by atoms with Gasteiger partial charge in [-0.25, -0.2) is 9.78 Å². The van der Waals surface area contributed by atoms with E-state index >= 15 is 0 Å². The fourth-order valence-corrected chi connectivity index (χ4v) is 4.62. The highest BCUT2D eigenvalue weighted by Gasteiger charge is 2.30. The van der Waals surface area contributed by atoms with Gasteiger partial charge in [0.1, 0.15) is 0 Å². The lowest BCUT2D eigenvalue weighted by atomic mass is 10.2. The number of halogens is 4. The van der Waals surface area contributed by atoms with E-state index in [2.05, 4.69) is 30.5 Å². The van der Waals surface area contributed by atoms with Crippen molar-refractivity contribution in [3.63, 3.8) is 0 Å². The number of urea groups is 1. The van der Waals surface area contributed by atoms with Crippen LogP contribution in [0.5, 0.6) is 0 Å². The third-order valence-electron chi connectivity index (χ3n) is 5.93. The molecule has 2 aromatic carbocycles. The van der Waals surface area contributed by atoms with Crippen molar-refractivity contribution in [2.24, 2.45) is 0 Å². The Balaban J connectivity index is 1.34. The summed E-state index contributed by atoms with van der Waals surface area (Å²) in [5, 5.41) is 2.61. The molecule has 0 spiro atoms. The number of carbonyl (C=O) groups is 1. The van der Waals surface area contributed by atoms with E-state index in [1.54, 1.807) is 4.90 Å². The SMILES string of the molecule is O=C(Nc1cccc(C(F)(F)F)c1)N1CCCN(c2nc3cc(Br)ccc3n3cccc23)CC1. The number of carbonyl (C=O) groups excluding carboxylic acids is 1. The first-order valence-corrected chi connectivity index (χ1v) is 11.6. The lowest BCUT2D eigenvalue weighted by Crippen LogP contribution is -2.38. The smallest absolute Gasteiger partial charge is 0.353 e. The fraction of sp³-hybridized carbons (Fsp3) is 0.250. The lowest BCUT2D eigenvalue weighted by molar-refractivity contribution is -0.137. The van der Waals surface area contributed by atoms with Gasteiger partial charge in [0.15, 0.2) is 5.82 Å². The minimum absolute atomic E-state index is 0.123.